The fraction of sp³-hybridized carbons (Fsp3) is 0.412. The number of carbonyl (C=O) groups is 1. The Kier molecular flexibility index (Phi) is 7.44. The third-order valence-electron chi connectivity index (χ3n) is 4.34. The second kappa shape index (κ2) is 8.45. The van der Waals surface area contributed by atoms with Crippen molar-refractivity contribution in [1.29, 1.82) is 5.26 Å². The van der Waals surface area contributed by atoms with E-state index in [2.05, 4.69) is 6.07 Å². The summed E-state index contributed by atoms with van der Waals surface area (Å²) in [6.45, 7) is 5.19. The summed E-state index contributed by atoms with van der Waals surface area (Å²) in [4.78, 5) is 12.3. The van der Waals surface area contributed by atoms with Crippen molar-refractivity contribution in [3.63, 3.8) is 0 Å². The van der Waals surface area contributed by atoms with Crippen molar-refractivity contribution in [3.8, 4) is 6.07 Å². The van der Waals surface area contributed by atoms with Gasteiger partial charge in [-0.05, 0) is 29.5 Å². The molecule has 7 heteroatoms. The third kappa shape index (κ3) is 4.00. The Hall–Kier alpha value is -0.920. The topological polar surface area (TPSA) is 61.1 Å². The van der Waals surface area contributed by atoms with Crippen LogP contribution in [0.1, 0.15) is 32.3 Å². The summed E-state index contributed by atoms with van der Waals surface area (Å²) in [6.07, 6.45) is 1.44. The number of benzene rings is 1. The molecule has 1 aromatic rings. The van der Waals surface area contributed by atoms with E-state index in [1.807, 2.05) is 0 Å². The first-order chi connectivity index (χ1) is 11.1. The molecule has 0 saturated heterocycles. The van der Waals surface area contributed by atoms with Crippen LogP contribution in [0.5, 0.6) is 0 Å². The summed E-state index contributed by atoms with van der Waals surface area (Å²) < 4.78 is -0.0420. The zero-order chi connectivity index (χ0) is 18.7. The number of hydrogen-bond donors (Lipinski definition) is 1. The van der Waals surface area contributed by atoms with Crippen LogP contribution >= 0.6 is 46.4 Å². The van der Waals surface area contributed by atoms with Gasteiger partial charge in [-0.25, -0.2) is 0 Å². The maximum atomic E-state index is 12.3. The molecule has 130 valence electrons. The Morgan fingerprint density at radius 1 is 1.25 bits per heavy atom. The fourth-order valence-electron chi connectivity index (χ4n) is 3.16. The lowest BCUT2D eigenvalue weighted by Gasteiger charge is -2.41. The van der Waals surface area contributed by atoms with Crippen molar-refractivity contribution in [1.82, 2.24) is 0 Å². The predicted octanol–water partition coefficient (Wildman–Crippen LogP) is 6.28. The van der Waals surface area contributed by atoms with Gasteiger partial charge in [-0.15, -0.1) is 0 Å². The molecule has 0 amide bonds. The van der Waals surface area contributed by atoms with Gasteiger partial charge in [-0.3, -0.25) is 4.79 Å². The van der Waals surface area contributed by atoms with Crippen molar-refractivity contribution in [3.05, 3.63) is 44.4 Å². The Balaban J connectivity index is 3.67. The van der Waals surface area contributed by atoms with Crippen LogP contribution in [0.4, 0.5) is 0 Å². The first-order valence-electron chi connectivity index (χ1n) is 7.19. The SMILES string of the molecule is CC(C)C(C(=O)O)(C(C)C=C(Cl)Cl)C(C#N)c1ccc(Cl)c(Cl)c1. The van der Waals surface area contributed by atoms with E-state index in [0.29, 0.717) is 10.6 Å². The number of nitrogens with zero attached hydrogens (tertiary/aromatic N) is 1. The predicted molar refractivity (Wildman–Crippen MR) is 98.7 cm³/mol. The van der Waals surface area contributed by atoms with E-state index in [0.717, 1.165) is 0 Å². The number of allylic oxidation sites excluding steroid dienone is 1. The van der Waals surface area contributed by atoms with Gasteiger partial charge in [0.2, 0.25) is 0 Å². The minimum Gasteiger partial charge on any atom is -0.481 e. The highest BCUT2D eigenvalue weighted by Gasteiger charge is 2.53. The summed E-state index contributed by atoms with van der Waals surface area (Å²) in [7, 11) is 0. The molecule has 0 aromatic heterocycles. The van der Waals surface area contributed by atoms with Crippen LogP contribution in [-0.2, 0) is 4.79 Å². The summed E-state index contributed by atoms with van der Waals surface area (Å²) >= 11 is 23.4. The van der Waals surface area contributed by atoms with Gasteiger partial charge >= 0.3 is 5.97 Å². The van der Waals surface area contributed by atoms with Gasteiger partial charge in [0, 0.05) is 0 Å². The first-order valence-corrected chi connectivity index (χ1v) is 8.70. The molecule has 1 rings (SSSR count). The van der Waals surface area contributed by atoms with Crippen LogP contribution in [0.3, 0.4) is 0 Å². The molecule has 1 N–H and O–H groups in total. The average molecular weight is 409 g/mol. The molecule has 0 radical (unpaired) electrons. The maximum Gasteiger partial charge on any atom is 0.312 e. The van der Waals surface area contributed by atoms with Crippen LogP contribution < -0.4 is 0 Å². The third-order valence-corrected chi connectivity index (χ3v) is 5.33. The quantitative estimate of drug-likeness (QED) is 0.602. The van der Waals surface area contributed by atoms with Crippen LogP contribution in [0.25, 0.3) is 0 Å². The Morgan fingerprint density at radius 2 is 1.83 bits per heavy atom. The van der Waals surface area contributed by atoms with Crippen molar-refractivity contribution in [2.24, 2.45) is 17.3 Å². The van der Waals surface area contributed by atoms with Gasteiger partial charge in [-0.2, -0.15) is 5.26 Å². The second-order valence-electron chi connectivity index (χ2n) is 5.87. The lowest BCUT2D eigenvalue weighted by atomic mass is 9.59. The minimum atomic E-state index is -1.44. The number of aliphatic carboxylic acids is 1. The lowest BCUT2D eigenvalue weighted by Crippen LogP contribution is -2.46. The molecule has 0 heterocycles. The standard InChI is InChI=1S/C17H17Cl4NO2/c1-9(2)17(16(23)24,10(3)6-15(20)21)12(8-22)11-4-5-13(18)14(19)7-11/h4-7,9-10,12H,1-3H3,(H,23,24). The Morgan fingerprint density at radius 3 is 2.21 bits per heavy atom. The Bertz CT molecular complexity index is 692. The zero-order valence-corrected chi connectivity index (χ0v) is 16.4. The van der Waals surface area contributed by atoms with E-state index < -0.39 is 23.2 Å². The molecular formula is C17H17Cl4NO2. The lowest BCUT2D eigenvalue weighted by molar-refractivity contribution is -0.155. The van der Waals surface area contributed by atoms with E-state index >= 15 is 0 Å². The van der Waals surface area contributed by atoms with Gasteiger partial charge in [0.05, 0.1) is 27.4 Å². The molecule has 0 aliphatic carbocycles. The number of hydrogen-bond acceptors (Lipinski definition) is 2. The highest BCUT2D eigenvalue weighted by atomic mass is 35.5. The second-order valence-corrected chi connectivity index (χ2v) is 7.70. The zero-order valence-electron chi connectivity index (χ0n) is 13.4. The number of rotatable bonds is 6. The van der Waals surface area contributed by atoms with E-state index in [-0.39, 0.29) is 15.4 Å². The van der Waals surface area contributed by atoms with Crippen LogP contribution in [0, 0.1) is 28.6 Å². The van der Waals surface area contributed by atoms with Crippen LogP contribution in [0.2, 0.25) is 10.0 Å². The number of carboxylic acids is 1. The number of carboxylic acid groups (broad SMARTS) is 1. The molecule has 3 nitrogen and oxygen atoms in total. The largest absolute Gasteiger partial charge is 0.481 e. The number of nitriles is 1. The maximum absolute atomic E-state index is 12.3. The van der Waals surface area contributed by atoms with Gasteiger partial charge in [0.25, 0.3) is 0 Å². The van der Waals surface area contributed by atoms with Gasteiger partial charge in [0.15, 0.2) is 0 Å². The van der Waals surface area contributed by atoms with Gasteiger partial charge in [-0.1, -0.05) is 79.3 Å². The van der Waals surface area contributed by atoms with Crippen molar-refractivity contribution in [2.45, 2.75) is 26.7 Å². The molecule has 3 unspecified atom stereocenters. The highest BCUT2D eigenvalue weighted by molar-refractivity contribution is 6.55. The first kappa shape index (κ1) is 21.1. The molecule has 0 aliphatic heterocycles. The molecule has 0 spiro atoms. The van der Waals surface area contributed by atoms with E-state index in [4.69, 9.17) is 46.4 Å². The molecule has 0 bridgehead atoms. The number of halogens is 4. The monoisotopic (exact) mass is 407 g/mol. The van der Waals surface area contributed by atoms with Gasteiger partial charge in [0.1, 0.15) is 4.49 Å². The molecule has 0 saturated carbocycles. The molecule has 3 atom stereocenters. The van der Waals surface area contributed by atoms with E-state index in [9.17, 15) is 15.2 Å². The van der Waals surface area contributed by atoms with Crippen molar-refractivity contribution >= 4 is 52.4 Å². The van der Waals surface area contributed by atoms with Gasteiger partial charge < -0.3 is 5.11 Å². The minimum absolute atomic E-state index is 0.0420. The molecule has 24 heavy (non-hydrogen) atoms. The fourth-order valence-corrected chi connectivity index (χ4v) is 3.85. The summed E-state index contributed by atoms with van der Waals surface area (Å²) in [5, 5.41) is 20.4. The molecule has 0 aliphatic rings. The van der Waals surface area contributed by atoms with Crippen LogP contribution in [-0.4, -0.2) is 11.1 Å². The van der Waals surface area contributed by atoms with E-state index in [1.165, 1.54) is 12.1 Å². The molecule has 0 fully saturated rings. The normalized spacial score (nSPS) is 16.0. The summed E-state index contributed by atoms with van der Waals surface area (Å²) in [5.41, 5.74) is -0.963. The summed E-state index contributed by atoms with van der Waals surface area (Å²) in [6, 6.07) is 6.81. The average Bonchev–Trinajstić information content (AvgIpc) is 2.45. The smallest absolute Gasteiger partial charge is 0.312 e. The summed E-state index contributed by atoms with van der Waals surface area (Å²) in [5.74, 6) is -3.05. The molecular weight excluding hydrogens is 392 g/mol. The van der Waals surface area contributed by atoms with E-state index in [1.54, 1.807) is 32.9 Å². The highest BCUT2D eigenvalue weighted by Crippen LogP contribution is 2.50. The van der Waals surface area contributed by atoms with Crippen molar-refractivity contribution in [2.75, 3.05) is 0 Å². The van der Waals surface area contributed by atoms with Crippen molar-refractivity contribution < 1.29 is 9.90 Å². The molecule has 1 aromatic carbocycles. The Labute approximate surface area is 161 Å². The van der Waals surface area contributed by atoms with Crippen LogP contribution in [0.15, 0.2) is 28.8 Å².